The van der Waals surface area contributed by atoms with Crippen molar-refractivity contribution >= 4 is 45.9 Å². The van der Waals surface area contributed by atoms with E-state index in [-0.39, 0.29) is 36.4 Å². The van der Waals surface area contributed by atoms with E-state index in [0.717, 1.165) is 31.4 Å². The van der Waals surface area contributed by atoms with E-state index < -0.39 is 51.3 Å². The van der Waals surface area contributed by atoms with E-state index in [9.17, 15) is 32.3 Å². The second-order valence-corrected chi connectivity index (χ2v) is 14.0. The zero-order valence-electron chi connectivity index (χ0n) is 24.0. The number of carbonyl (C=O) groups excluding carboxylic acids is 1. The van der Waals surface area contributed by atoms with Crippen LogP contribution in [0.2, 0.25) is 0 Å². The zero-order valence-corrected chi connectivity index (χ0v) is 25.5. The van der Waals surface area contributed by atoms with Crippen molar-refractivity contribution in [2.24, 2.45) is 17.3 Å². The Balaban J connectivity index is 1.29. The number of rotatable bonds is 10. The van der Waals surface area contributed by atoms with Crippen molar-refractivity contribution in [2.45, 2.75) is 67.8 Å². The summed E-state index contributed by atoms with van der Waals surface area (Å²) in [5.41, 5.74) is -1.69. The Morgan fingerprint density at radius 1 is 1.00 bits per heavy atom. The summed E-state index contributed by atoms with van der Waals surface area (Å²) in [6.07, 6.45) is -0.244. The lowest BCUT2D eigenvalue weighted by molar-refractivity contribution is -0.201. The second-order valence-electron chi connectivity index (χ2n) is 12.7. The monoisotopic (exact) mass is 667 g/mol. The highest BCUT2D eigenvalue weighted by molar-refractivity contribution is 6.44. The molecule has 4 aliphatic rings. The number of hydrogen-bond donors (Lipinski definition) is 2. The number of benzene rings is 3. The number of amides is 1. The lowest BCUT2D eigenvalue weighted by atomic mass is 9.46. The van der Waals surface area contributed by atoms with E-state index in [1.165, 1.54) is 42.5 Å². The minimum absolute atomic E-state index is 0.0232. The Hall–Kier alpha value is -3.08. The van der Waals surface area contributed by atoms with Crippen LogP contribution in [0.1, 0.15) is 60.0 Å². The Labute approximate surface area is 267 Å². The minimum atomic E-state index is -4.50. The van der Waals surface area contributed by atoms with Crippen molar-refractivity contribution in [1.82, 2.24) is 5.32 Å². The maximum Gasteiger partial charge on any atom is 0.416 e. The molecule has 3 aromatic carbocycles. The van der Waals surface area contributed by atoms with Crippen molar-refractivity contribution in [3.05, 3.63) is 77.1 Å². The van der Waals surface area contributed by atoms with Gasteiger partial charge in [0.1, 0.15) is 29.1 Å². The SMILES string of the molecule is O=C(NC(C(=O)O)C12CC3CC(CC(OCC(Cl)Cl)(C3)C1)C2)c1ccc2cc(F)ccc2c1OCc1ccc(C(F)(F)F)cc1. The maximum atomic E-state index is 14.1. The third-order valence-corrected chi connectivity index (χ3v) is 9.80. The van der Waals surface area contributed by atoms with E-state index >= 15 is 0 Å². The standard InChI is InChI=1S/C33H31Cl2F4NO5/c34-26(35)16-45-32-13-19-9-20(14-32)12-31(11-19,17-32)28(30(42)43)40-29(41)25-7-3-21-10-23(36)6-8-24(21)27(25)44-15-18-1-4-22(5-2-18)33(37,38)39/h1-8,10,19-20,26,28H,9,11-17H2,(H,40,41)(H,42,43). The van der Waals surface area contributed by atoms with E-state index in [4.69, 9.17) is 32.7 Å². The van der Waals surface area contributed by atoms with Gasteiger partial charge in [-0.15, -0.1) is 23.2 Å². The minimum Gasteiger partial charge on any atom is -0.487 e. The van der Waals surface area contributed by atoms with E-state index in [1.807, 2.05) is 0 Å². The molecule has 1 amide bonds. The van der Waals surface area contributed by atoms with Gasteiger partial charge in [0.05, 0.1) is 23.3 Å². The maximum absolute atomic E-state index is 14.1. The van der Waals surface area contributed by atoms with Gasteiger partial charge in [-0.3, -0.25) is 4.79 Å². The lowest BCUT2D eigenvalue weighted by Crippen LogP contribution is -2.65. The summed E-state index contributed by atoms with van der Waals surface area (Å²) in [5, 5.41) is 14.1. The molecule has 0 spiro atoms. The number of halogens is 6. The van der Waals surface area contributed by atoms with E-state index in [0.29, 0.717) is 35.6 Å². The fourth-order valence-corrected chi connectivity index (χ4v) is 8.36. The van der Waals surface area contributed by atoms with Gasteiger partial charge in [-0.2, -0.15) is 13.2 Å². The number of nitrogens with one attached hydrogen (secondary N) is 1. The Bertz CT molecular complexity index is 1600. The molecule has 12 heteroatoms. The van der Waals surface area contributed by atoms with Gasteiger partial charge in [0.2, 0.25) is 0 Å². The average Bonchev–Trinajstić information content (AvgIpc) is 2.96. The molecule has 0 heterocycles. The quantitative estimate of drug-likeness (QED) is 0.170. The highest BCUT2D eigenvalue weighted by Crippen LogP contribution is 2.64. The first-order valence-corrected chi connectivity index (χ1v) is 15.6. The molecule has 45 heavy (non-hydrogen) atoms. The predicted octanol–water partition coefficient (Wildman–Crippen LogP) is 7.92. The number of aliphatic carboxylic acids is 1. The largest absolute Gasteiger partial charge is 0.487 e. The molecule has 2 N–H and O–H groups in total. The van der Waals surface area contributed by atoms with E-state index in [2.05, 4.69) is 5.32 Å². The number of ether oxygens (including phenoxy) is 2. The third-order valence-electron chi connectivity index (χ3n) is 9.54. The van der Waals surface area contributed by atoms with Crippen molar-refractivity contribution in [1.29, 1.82) is 0 Å². The Morgan fingerprint density at radius 2 is 1.69 bits per heavy atom. The average molecular weight is 669 g/mol. The number of fused-ring (bicyclic) bond motifs is 1. The van der Waals surface area contributed by atoms with Crippen LogP contribution in [0, 0.1) is 23.1 Å². The smallest absolute Gasteiger partial charge is 0.416 e. The first-order valence-electron chi connectivity index (χ1n) is 14.7. The summed E-state index contributed by atoms with van der Waals surface area (Å²) < 4.78 is 65.5. The molecule has 0 aliphatic heterocycles. The van der Waals surface area contributed by atoms with Crippen LogP contribution in [-0.4, -0.2) is 40.1 Å². The van der Waals surface area contributed by atoms with Gasteiger partial charge < -0.3 is 19.9 Å². The molecule has 3 aromatic rings. The molecule has 4 bridgehead atoms. The number of carbonyl (C=O) groups is 2. The number of alkyl halides is 5. The van der Waals surface area contributed by atoms with Crippen molar-refractivity contribution in [2.75, 3.05) is 6.61 Å². The molecule has 3 atom stereocenters. The summed E-state index contributed by atoms with van der Waals surface area (Å²) in [6.45, 7) is -0.0629. The van der Waals surface area contributed by atoms with Gasteiger partial charge in [-0.05, 0) is 97.7 Å². The van der Waals surface area contributed by atoms with Crippen LogP contribution in [0.25, 0.3) is 10.8 Å². The van der Waals surface area contributed by atoms with Gasteiger partial charge in [0.25, 0.3) is 5.91 Å². The molecule has 4 saturated carbocycles. The summed E-state index contributed by atoms with van der Waals surface area (Å²) in [7, 11) is 0. The molecular formula is C33H31Cl2F4NO5. The van der Waals surface area contributed by atoms with Gasteiger partial charge in [-0.25, -0.2) is 9.18 Å². The number of carboxylic acids is 1. The van der Waals surface area contributed by atoms with E-state index in [1.54, 1.807) is 0 Å². The fraction of sp³-hybridized carbons (Fsp3) is 0.455. The van der Waals surface area contributed by atoms with Gasteiger partial charge in [0.15, 0.2) is 0 Å². The molecule has 0 saturated heterocycles. The Morgan fingerprint density at radius 3 is 2.31 bits per heavy atom. The summed E-state index contributed by atoms with van der Waals surface area (Å²) in [6, 6.07) is 10.1. The van der Waals surface area contributed by atoms with Crippen molar-refractivity contribution in [3.63, 3.8) is 0 Å². The van der Waals surface area contributed by atoms with Crippen LogP contribution in [0.4, 0.5) is 17.6 Å². The molecule has 7 rings (SSSR count). The van der Waals surface area contributed by atoms with Crippen LogP contribution in [0.15, 0.2) is 54.6 Å². The number of hydrogen-bond acceptors (Lipinski definition) is 4. The first-order chi connectivity index (χ1) is 21.3. The van der Waals surface area contributed by atoms with Crippen molar-refractivity contribution < 1.29 is 41.7 Å². The highest BCUT2D eigenvalue weighted by Gasteiger charge is 2.62. The molecule has 0 radical (unpaired) electrons. The first kappa shape index (κ1) is 31.9. The highest BCUT2D eigenvalue weighted by atomic mass is 35.5. The predicted molar refractivity (Wildman–Crippen MR) is 160 cm³/mol. The topological polar surface area (TPSA) is 84.9 Å². The van der Waals surface area contributed by atoms with Gasteiger partial charge >= 0.3 is 12.1 Å². The van der Waals surface area contributed by atoms with Crippen LogP contribution in [0.5, 0.6) is 5.75 Å². The molecule has 6 nitrogen and oxygen atoms in total. The van der Waals surface area contributed by atoms with Crippen molar-refractivity contribution in [3.8, 4) is 5.75 Å². The molecule has 3 unspecified atom stereocenters. The molecule has 0 aromatic heterocycles. The summed E-state index contributed by atoms with van der Waals surface area (Å²) >= 11 is 11.9. The number of carboxylic acid groups (broad SMARTS) is 1. The van der Waals surface area contributed by atoms with Gasteiger partial charge in [0, 0.05) is 10.8 Å². The zero-order chi connectivity index (χ0) is 32.1. The van der Waals surface area contributed by atoms with Crippen LogP contribution in [0.3, 0.4) is 0 Å². The van der Waals surface area contributed by atoms with Crippen LogP contribution in [-0.2, 0) is 22.3 Å². The van der Waals surface area contributed by atoms with Gasteiger partial charge in [-0.1, -0.05) is 18.2 Å². The summed E-state index contributed by atoms with van der Waals surface area (Å²) in [4.78, 5) is 26.1. The molecular weight excluding hydrogens is 637 g/mol. The fourth-order valence-electron chi connectivity index (χ4n) is 8.23. The van der Waals surface area contributed by atoms with Crippen LogP contribution >= 0.6 is 23.2 Å². The Kier molecular flexibility index (Phi) is 8.46. The molecule has 240 valence electrons. The second kappa shape index (κ2) is 11.9. The normalized spacial score (nSPS) is 26.3. The third kappa shape index (κ3) is 6.46. The summed E-state index contributed by atoms with van der Waals surface area (Å²) in [5.74, 6) is -1.81. The molecule has 4 fully saturated rings. The molecule has 4 aliphatic carbocycles. The lowest BCUT2D eigenvalue weighted by Gasteiger charge is -2.63. The van der Waals surface area contributed by atoms with Crippen LogP contribution < -0.4 is 10.1 Å².